The molecule has 0 saturated heterocycles. The van der Waals surface area contributed by atoms with E-state index in [2.05, 4.69) is 21.2 Å². The van der Waals surface area contributed by atoms with Crippen LogP contribution < -0.4 is 5.32 Å². The molecule has 1 aromatic carbocycles. The van der Waals surface area contributed by atoms with Crippen LogP contribution in [0.15, 0.2) is 22.7 Å². The van der Waals surface area contributed by atoms with E-state index in [9.17, 15) is 4.39 Å². The molecule has 1 N–H and O–H groups in total. The van der Waals surface area contributed by atoms with E-state index in [-0.39, 0.29) is 11.9 Å². The number of methoxy groups -OCH3 is 1. The molecule has 1 aliphatic carbocycles. The van der Waals surface area contributed by atoms with Crippen molar-refractivity contribution in [1.82, 2.24) is 0 Å². The molecule has 0 aromatic heterocycles. The molecule has 2 atom stereocenters. The largest absolute Gasteiger partial charge is 0.380 e. The van der Waals surface area contributed by atoms with E-state index < -0.39 is 0 Å². The van der Waals surface area contributed by atoms with E-state index >= 15 is 0 Å². The van der Waals surface area contributed by atoms with Crippen molar-refractivity contribution in [1.29, 1.82) is 0 Å². The van der Waals surface area contributed by atoms with Gasteiger partial charge in [-0.2, -0.15) is 0 Å². The third-order valence-electron chi connectivity index (χ3n) is 3.28. The smallest absolute Gasteiger partial charge is 0.137 e. The Bertz CT molecular complexity index is 386. The van der Waals surface area contributed by atoms with Crippen LogP contribution in [0.4, 0.5) is 10.1 Å². The third-order valence-corrected chi connectivity index (χ3v) is 3.88. The zero-order valence-electron chi connectivity index (χ0n) is 9.88. The lowest BCUT2D eigenvalue weighted by molar-refractivity contribution is 0.0606. The van der Waals surface area contributed by atoms with Crippen molar-refractivity contribution in [2.24, 2.45) is 0 Å². The zero-order valence-corrected chi connectivity index (χ0v) is 11.5. The second kappa shape index (κ2) is 5.83. The molecule has 17 heavy (non-hydrogen) atoms. The van der Waals surface area contributed by atoms with Gasteiger partial charge in [-0.1, -0.05) is 12.8 Å². The van der Waals surface area contributed by atoms with Crippen LogP contribution in [-0.4, -0.2) is 19.3 Å². The standard InChI is InChI=1S/C13H17BrFNO/c1-17-13-5-3-2-4-12(13)16-9-6-7-11(15)10(14)8-9/h6-8,12-13,16H,2-5H2,1H3. The fraction of sp³-hybridized carbons (Fsp3) is 0.538. The number of hydrogen-bond acceptors (Lipinski definition) is 2. The van der Waals surface area contributed by atoms with Crippen molar-refractivity contribution in [3.63, 3.8) is 0 Å². The molecule has 2 rings (SSSR count). The summed E-state index contributed by atoms with van der Waals surface area (Å²) in [6.07, 6.45) is 4.90. The second-order valence-corrected chi connectivity index (χ2v) is 5.29. The van der Waals surface area contributed by atoms with Gasteiger partial charge >= 0.3 is 0 Å². The van der Waals surface area contributed by atoms with Crippen LogP contribution in [0, 0.1) is 5.82 Å². The maximum Gasteiger partial charge on any atom is 0.137 e. The average molecular weight is 302 g/mol. The normalized spacial score (nSPS) is 24.6. The Hall–Kier alpha value is -0.610. The van der Waals surface area contributed by atoms with E-state index in [1.807, 2.05) is 0 Å². The van der Waals surface area contributed by atoms with Gasteiger partial charge in [0.1, 0.15) is 5.82 Å². The number of anilines is 1. The van der Waals surface area contributed by atoms with Crippen LogP contribution in [0.1, 0.15) is 25.7 Å². The van der Waals surface area contributed by atoms with E-state index in [1.165, 1.54) is 18.9 Å². The molecule has 4 heteroatoms. The Morgan fingerprint density at radius 1 is 1.35 bits per heavy atom. The van der Waals surface area contributed by atoms with Crippen LogP contribution in [-0.2, 0) is 4.74 Å². The van der Waals surface area contributed by atoms with Crippen molar-refractivity contribution >= 4 is 21.6 Å². The Morgan fingerprint density at radius 3 is 2.82 bits per heavy atom. The monoisotopic (exact) mass is 301 g/mol. The van der Waals surface area contributed by atoms with Gasteiger partial charge in [-0.15, -0.1) is 0 Å². The molecule has 94 valence electrons. The summed E-state index contributed by atoms with van der Waals surface area (Å²) in [7, 11) is 1.76. The first-order valence-corrected chi connectivity index (χ1v) is 6.74. The molecular weight excluding hydrogens is 285 g/mol. The summed E-state index contributed by atoms with van der Waals surface area (Å²) >= 11 is 3.20. The molecule has 0 spiro atoms. The Balaban J connectivity index is 2.05. The number of ether oxygens (including phenoxy) is 1. The number of halogens is 2. The average Bonchev–Trinajstić information content (AvgIpc) is 2.34. The summed E-state index contributed by atoms with van der Waals surface area (Å²) in [5.74, 6) is -0.234. The Kier molecular flexibility index (Phi) is 4.40. The van der Waals surface area contributed by atoms with Crippen molar-refractivity contribution < 1.29 is 9.13 Å². The minimum atomic E-state index is -0.234. The predicted molar refractivity (Wildman–Crippen MR) is 70.8 cm³/mol. The summed E-state index contributed by atoms with van der Waals surface area (Å²) in [4.78, 5) is 0. The molecule has 2 unspecified atom stereocenters. The summed E-state index contributed by atoms with van der Waals surface area (Å²) in [5.41, 5.74) is 0.937. The van der Waals surface area contributed by atoms with Gasteiger partial charge in [0.15, 0.2) is 0 Å². The van der Waals surface area contributed by atoms with Crippen molar-refractivity contribution in [2.45, 2.75) is 37.8 Å². The van der Waals surface area contributed by atoms with Gasteiger partial charge in [-0.25, -0.2) is 4.39 Å². The molecular formula is C13H17BrFNO. The number of nitrogens with one attached hydrogen (secondary N) is 1. The first-order chi connectivity index (χ1) is 8.20. The minimum absolute atomic E-state index is 0.234. The lowest BCUT2D eigenvalue weighted by atomic mass is 9.92. The zero-order chi connectivity index (χ0) is 12.3. The second-order valence-electron chi connectivity index (χ2n) is 4.44. The van der Waals surface area contributed by atoms with E-state index in [1.54, 1.807) is 19.2 Å². The Morgan fingerprint density at radius 2 is 2.12 bits per heavy atom. The molecule has 0 aliphatic heterocycles. The molecule has 0 bridgehead atoms. The van der Waals surface area contributed by atoms with Crippen molar-refractivity contribution in [3.05, 3.63) is 28.5 Å². The molecule has 1 saturated carbocycles. The van der Waals surface area contributed by atoms with Crippen molar-refractivity contribution in [2.75, 3.05) is 12.4 Å². The first kappa shape index (κ1) is 12.8. The van der Waals surface area contributed by atoms with Gasteiger partial charge in [0.2, 0.25) is 0 Å². The van der Waals surface area contributed by atoms with Crippen LogP contribution in [0.3, 0.4) is 0 Å². The number of benzene rings is 1. The fourth-order valence-electron chi connectivity index (χ4n) is 2.34. The van der Waals surface area contributed by atoms with Crippen LogP contribution in [0.5, 0.6) is 0 Å². The SMILES string of the molecule is COC1CCCCC1Nc1ccc(F)c(Br)c1. The maximum atomic E-state index is 13.1. The lowest BCUT2D eigenvalue weighted by Gasteiger charge is -2.31. The lowest BCUT2D eigenvalue weighted by Crippen LogP contribution is -2.37. The summed E-state index contributed by atoms with van der Waals surface area (Å²) in [6, 6.07) is 5.33. The summed E-state index contributed by atoms with van der Waals surface area (Å²) in [5, 5.41) is 3.43. The molecule has 1 aliphatic rings. The number of hydrogen-bond donors (Lipinski definition) is 1. The van der Waals surface area contributed by atoms with E-state index in [4.69, 9.17) is 4.74 Å². The van der Waals surface area contributed by atoms with Gasteiger partial charge in [-0.3, -0.25) is 0 Å². The van der Waals surface area contributed by atoms with Gasteiger partial charge in [0, 0.05) is 12.8 Å². The van der Waals surface area contributed by atoms with Gasteiger partial charge in [-0.05, 0) is 47.0 Å². The summed E-state index contributed by atoms with van der Waals surface area (Å²) in [6.45, 7) is 0. The summed E-state index contributed by atoms with van der Waals surface area (Å²) < 4.78 is 19.1. The number of rotatable bonds is 3. The van der Waals surface area contributed by atoms with E-state index in [0.29, 0.717) is 10.5 Å². The maximum absolute atomic E-state index is 13.1. The first-order valence-electron chi connectivity index (χ1n) is 5.95. The minimum Gasteiger partial charge on any atom is -0.380 e. The Labute approximate surface area is 110 Å². The molecule has 1 fully saturated rings. The molecule has 0 radical (unpaired) electrons. The third kappa shape index (κ3) is 3.19. The molecule has 0 amide bonds. The van der Waals surface area contributed by atoms with Gasteiger partial charge < -0.3 is 10.1 Å². The van der Waals surface area contributed by atoms with Gasteiger partial charge in [0.05, 0.1) is 16.6 Å². The highest BCUT2D eigenvalue weighted by atomic mass is 79.9. The van der Waals surface area contributed by atoms with Gasteiger partial charge in [0.25, 0.3) is 0 Å². The predicted octanol–water partition coefficient (Wildman–Crippen LogP) is 3.96. The van der Waals surface area contributed by atoms with Crippen molar-refractivity contribution in [3.8, 4) is 0 Å². The topological polar surface area (TPSA) is 21.3 Å². The van der Waals surface area contributed by atoms with E-state index in [0.717, 1.165) is 18.5 Å². The highest BCUT2D eigenvalue weighted by Crippen LogP contribution is 2.26. The van der Waals surface area contributed by atoms with Crippen LogP contribution in [0.2, 0.25) is 0 Å². The van der Waals surface area contributed by atoms with Crippen LogP contribution >= 0.6 is 15.9 Å². The highest BCUT2D eigenvalue weighted by Gasteiger charge is 2.24. The quantitative estimate of drug-likeness (QED) is 0.912. The molecule has 2 nitrogen and oxygen atoms in total. The fourth-order valence-corrected chi connectivity index (χ4v) is 2.72. The highest BCUT2D eigenvalue weighted by molar-refractivity contribution is 9.10. The van der Waals surface area contributed by atoms with Crippen LogP contribution in [0.25, 0.3) is 0 Å². The molecule has 1 aromatic rings. The molecule has 0 heterocycles.